The number of alkyl halides is 3. The molecule has 6 nitrogen and oxygen atoms in total. The Morgan fingerprint density at radius 3 is 2.38 bits per heavy atom. The molecule has 21 heavy (non-hydrogen) atoms. The number of carbonyl (C=O) groups excluding carboxylic acids is 2. The van der Waals surface area contributed by atoms with E-state index in [1.807, 2.05) is 0 Å². The van der Waals surface area contributed by atoms with Gasteiger partial charge in [0.2, 0.25) is 11.8 Å². The highest BCUT2D eigenvalue weighted by Gasteiger charge is 2.43. The van der Waals surface area contributed by atoms with Gasteiger partial charge in [-0.1, -0.05) is 0 Å². The maximum absolute atomic E-state index is 12.3. The molecule has 2 aliphatic rings. The summed E-state index contributed by atoms with van der Waals surface area (Å²) in [5, 5.41) is 8.60. The lowest BCUT2D eigenvalue weighted by atomic mass is 9.94. The largest absolute Gasteiger partial charge is 0.481 e. The fraction of sp³-hybridized carbons (Fsp3) is 0.750. The van der Waals surface area contributed by atoms with Crippen LogP contribution in [0.4, 0.5) is 13.2 Å². The SMILES string of the molecule is O=C(O)CC1CN(C(=O)C2CC(=O)N(CC(F)(F)F)C2)C1. The second-order valence-corrected chi connectivity index (χ2v) is 5.50. The number of amides is 2. The monoisotopic (exact) mass is 308 g/mol. The molecule has 2 saturated heterocycles. The highest BCUT2D eigenvalue weighted by molar-refractivity contribution is 5.89. The summed E-state index contributed by atoms with van der Waals surface area (Å²) >= 11 is 0. The Morgan fingerprint density at radius 1 is 1.24 bits per heavy atom. The van der Waals surface area contributed by atoms with Gasteiger partial charge in [0, 0.05) is 32.0 Å². The predicted molar refractivity (Wildman–Crippen MR) is 63.1 cm³/mol. The Bertz CT molecular complexity index is 460. The molecule has 0 aromatic carbocycles. The Morgan fingerprint density at radius 2 is 1.86 bits per heavy atom. The summed E-state index contributed by atoms with van der Waals surface area (Å²) in [6, 6.07) is 0. The maximum Gasteiger partial charge on any atom is 0.406 e. The molecule has 0 aromatic rings. The quantitative estimate of drug-likeness (QED) is 0.812. The number of carboxylic acid groups (broad SMARTS) is 1. The van der Waals surface area contributed by atoms with E-state index in [0.29, 0.717) is 4.90 Å². The highest BCUT2D eigenvalue weighted by Crippen LogP contribution is 2.28. The normalized spacial score (nSPS) is 23.4. The Balaban J connectivity index is 1.83. The molecule has 9 heteroatoms. The van der Waals surface area contributed by atoms with Crippen molar-refractivity contribution in [2.45, 2.75) is 19.0 Å². The zero-order valence-electron chi connectivity index (χ0n) is 11.1. The van der Waals surface area contributed by atoms with Gasteiger partial charge in [0.25, 0.3) is 0 Å². The first-order chi connectivity index (χ1) is 9.65. The van der Waals surface area contributed by atoms with E-state index in [0.717, 1.165) is 0 Å². The molecular formula is C12H15F3N2O4. The van der Waals surface area contributed by atoms with Gasteiger partial charge in [-0.25, -0.2) is 0 Å². The minimum absolute atomic E-state index is 0.0342. The summed E-state index contributed by atoms with van der Waals surface area (Å²) in [6.45, 7) is -0.987. The summed E-state index contributed by atoms with van der Waals surface area (Å²) < 4.78 is 36.8. The van der Waals surface area contributed by atoms with E-state index in [1.54, 1.807) is 0 Å². The number of carbonyl (C=O) groups is 3. The van der Waals surface area contributed by atoms with Crippen LogP contribution in [0.1, 0.15) is 12.8 Å². The fourth-order valence-corrected chi connectivity index (χ4v) is 2.69. The van der Waals surface area contributed by atoms with Crippen LogP contribution in [-0.2, 0) is 14.4 Å². The molecule has 118 valence electrons. The van der Waals surface area contributed by atoms with Crippen LogP contribution in [0.15, 0.2) is 0 Å². The minimum atomic E-state index is -4.48. The van der Waals surface area contributed by atoms with Crippen molar-refractivity contribution in [2.75, 3.05) is 26.2 Å². The lowest BCUT2D eigenvalue weighted by Gasteiger charge is -2.39. The van der Waals surface area contributed by atoms with Gasteiger partial charge in [-0.3, -0.25) is 14.4 Å². The standard InChI is InChI=1S/C12H15F3N2O4/c13-12(14,15)6-17-5-8(2-9(17)18)11(21)16-3-7(4-16)1-10(19)20/h7-8H,1-6H2,(H,19,20). The van der Waals surface area contributed by atoms with Crippen LogP contribution in [-0.4, -0.2) is 65.0 Å². The van der Waals surface area contributed by atoms with Crippen LogP contribution in [0.2, 0.25) is 0 Å². The van der Waals surface area contributed by atoms with Gasteiger partial charge in [-0.15, -0.1) is 0 Å². The van der Waals surface area contributed by atoms with Crippen LogP contribution < -0.4 is 0 Å². The number of hydrogen-bond donors (Lipinski definition) is 1. The molecule has 1 N–H and O–H groups in total. The van der Waals surface area contributed by atoms with Crippen molar-refractivity contribution in [3.05, 3.63) is 0 Å². The molecule has 0 bridgehead atoms. The van der Waals surface area contributed by atoms with E-state index in [1.165, 1.54) is 4.90 Å². The van der Waals surface area contributed by atoms with Crippen LogP contribution in [0, 0.1) is 11.8 Å². The minimum Gasteiger partial charge on any atom is -0.481 e. The number of halogens is 3. The number of aliphatic carboxylic acids is 1. The molecule has 2 aliphatic heterocycles. The summed E-state index contributed by atoms with van der Waals surface area (Å²) in [4.78, 5) is 36.1. The molecule has 2 fully saturated rings. The van der Waals surface area contributed by atoms with Crippen LogP contribution >= 0.6 is 0 Å². The van der Waals surface area contributed by atoms with E-state index in [4.69, 9.17) is 5.11 Å². The average Bonchev–Trinajstić information content (AvgIpc) is 2.61. The molecular weight excluding hydrogens is 293 g/mol. The first kappa shape index (κ1) is 15.6. The molecule has 0 aromatic heterocycles. The van der Waals surface area contributed by atoms with E-state index in [9.17, 15) is 27.6 Å². The van der Waals surface area contributed by atoms with Gasteiger partial charge in [0.05, 0.1) is 12.3 Å². The third-order valence-corrected chi connectivity index (χ3v) is 3.67. The highest BCUT2D eigenvalue weighted by atomic mass is 19.4. The third kappa shape index (κ3) is 3.85. The maximum atomic E-state index is 12.3. The van der Waals surface area contributed by atoms with Crippen LogP contribution in [0.3, 0.4) is 0 Å². The van der Waals surface area contributed by atoms with E-state index >= 15 is 0 Å². The Labute approximate surface area is 118 Å². The zero-order chi connectivity index (χ0) is 15.8. The molecule has 0 aliphatic carbocycles. The fourth-order valence-electron chi connectivity index (χ4n) is 2.69. The zero-order valence-corrected chi connectivity index (χ0v) is 11.1. The summed E-state index contributed by atoms with van der Waals surface area (Å²) in [7, 11) is 0. The Kier molecular flexibility index (Phi) is 4.11. The van der Waals surface area contributed by atoms with Gasteiger partial charge < -0.3 is 14.9 Å². The number of carboxylic acids is 1. The first-order valence-electron chi connectivity index (χ1n) is 6.51. The molecule has 2 rings (SSSR count). The smallest absolute Gasteiger partial charge is 0.406 e. The average molecular weight is 308 g/mol. The van der Waals surface area contributed by atoms with Crippen molar-refractivity contribution in [3.8, 4) is 0 Å². The van der Waals surface area contributed by atoms with Crippen molar-refractivity contribution < 1.29 is 32.7 Å². The van der Waals surface area contributed by atoms with Crippen molar-refractivity contribution in [2.24, 2.45) is 11.8 Å². The van der Waals surface area contributed by atoms with Crippen molar-refractivity contribution in [3.63, 3.8) is 0 Å². The summed E-state index contributed by atoms with van der Waals surface area (Å²) in [5.74, 6) is -2.86. The number of rotatable bonds is 4. The van der Waals surface area contributed by atoms with Gasteiger partial charge in [-0.2, -0.15) is 13.2 Å². The van der Waals surface area contributed by atoms with Crippen molar-refractivity contribution in [1.82, 2.24) is 9.80 Å². The first-order valence-corrected chi connectivity index (χ1v) is 6.51. The second kappa shape index (κ2) is 5.53. The third-order valence-electron chi connectivity index (χ3n) is 3.67. The number of likely N-dealkylation sites (tertiary alicyclic amines) is 2. The van der Waals surface area contributed by atoms with Gasteiger partial charge in [0.15, 0.2) is 0 Å². The van der Waals surface area contributed by atoms with E-state index < -0.39 is 30.5 Å². The lowest BCUT2D eigenvalue weighted by Crippen LogP contribution is -2.53. The summed E-state index contributed by atoms with van der Waals surface area (Å²) in [5.41, 5.74) is 0. The summed E-state index contributed by atoms with van der Waals surface area (Å²) in [6.07, 6.45) is -4.72. The molecule has 0 spiro atoms. The van der Waals surface area contributed by atoms with E-state index in [-0.39, 0.29) is 44.3 Å². The topological polar surface area (TPSA) is 77.9 Å². The van der Waals surface area contributed by atoms with Crippen LogP contribution in [0.25, 0.3) is 0 Å². The Hall–Kier alpha value is -1.80. The molecule has 1 unspecified atom stereocenters. The van der Waals surface area contributed by atoms with Crippen molar-refractivity contribution >= 4 is 17.8 Å². The van der Waals surface area contributed by atoms with Gasteiger partial charge >= 0.3 is 12.1 Å². The lowest BCUT2D eigenvalue weighted by molar-refractivity contribution is -0.157. The number of hydrogen-bond acceptors (Lipinski definition) is 3. The molecule has 0 saturated carbocycles. The van der Waals surface area contributed by atoms with Crippen LogP contribution in [0.5, 0.6) is 0 Å². The van der Waals surface area contributed by atoms with E-state index in [2.05, 4.69) is 0 Å². The molecule has 0 radical (unpaired) electrons. The van der Waals surface area contributed by atoms with Gasteiger partial charge in [-0.05, 0) is 0 Å². The number of nitrogens with zero attached hydrogens (tertiary/aromatic N) is 2. The second-order valence-electron chi connectivity index (χ2n) is 5.50. The van der Waals surface area contributed by atoms with Crippen molar-refractivity contribution in [1.29, 1.82) is 0 Å². The molecule has 2 amide bonds. The molecule has 1 atom stereocenters. The molecule has 2 heterocycles. The van der Waals surface area contributed by atoms with Gasteiger partial charge in [0.1, 0.15) is 6.54 Å². The predicted octanol–water partition coefficient (Wildman–Crippen LogP) is 0.330.